The lowest BCUT2D eigenvalue weighted by Crippen LogP contribution is -2.31. The third-order valence-electron chi connectivity index (χ3n) is 5.39. The fourth-order valence-corrected chi connectivity index (χ4v) is 4.71. The standard InChI is InChI=1S/C22H28N4O3S/c1-15-6-4-5-7-19(15)22(27)25-20-9-8-18(14-21(20)23-3)30(28,29)26-16(2)17-10-12-24-13-11-17/h4-9,14,17,23-24H,10-13H2,1-3H3,(H,25,27)/b26-16-. The van der Waals surface area contributed by atoms with Crippen molar-refractivity contribution < 1.29 is 13.2 Å². The molecule has 0 atom stereocenters. The van der Waals surface area contributed by atoms with Crippen LogP contribution in [0.3, 0.4) is 0 Å². The molecule has 1 heterocycles. The molecule has 0 bridgehead atoms. The Bertz CT molecular complexity index is 1060. The van der Waals surface area contributed by atoms with Gasteiger partial charge in [0.2, 0.25) is 0 Å². The number of carbonyl (C=O) groups excluding carboxylic acids is 1. The quantitative estimate of drug-likeness (QED) is 0.612. The Kier molecular flexibility index (Phi) is 6.89. The molecule has 3 rings (SSSR count). The van der Waals surface area contributed by atoms with Crippen molar-refractivity contribution in [3.63, 3.8) is 0 Å². The molecule has 1 fully saturated rings. The summed E-state index contributed by atoms with van der Waals surface area (Å²) in [5.41, 5.74) is 3.08. The number of rotatable bonds is 6. The Balaban J connectivity index is 1.84. The molecule has 1 saturated heterocycles. The second-order valence-electron chi connectivity index (χ2n) is 7.46. The Morgan fingerprint density at radius 2 is 1.80 bits per heavy atom. The van der Waals surface area contributed by atoms with Crippen LogP contribution in [-0.4, -0.2) is 40.2 Å². The number of benzene rings is 2. The lowest BCUT2D eigenvalue weighted by Gasteiger charge is -2.22. The van der Waals surface area contributed by atoms with Gasteiger partial charge in [-0.15, -0.1) is 0 Å². The lowest BCUT2D eigenvalue weighted by atomic mass is 9.94. The van der Waals surface area contributed by atoms with E-state index < -0.39 is 10.0 Å². The highest BCUT2D eigenvalue weighted by Gasteiger charge is 2.21. The van der Waals surface area contributed by atoms with Crippen LogP contribution in [0.25, 0.3) is 0 Å². The van der Waals surface area contributed by atoms with Gasteiger partial charge in [0.25, 0.3) is 15.9 Å². The van der Waals surface area contributed by atoms with Gasteiger partial charge in [-0.25, -0.2) is 0 Å². The average Bonchev–Trinajstić information content (AvgIpc) is 2.74. The molecule has 0 aromatic heterocycles. The molecule has 2 aromatic rings. The van der Waals surface area contributed by atoms with Crippen LogP contribution >= 0.6 is 0 Å². The first kappa shape index (κ1) is 22.0. The van der Waals surface area contributed by atoms with E-state index in [1.165, 1.54) is 12.1 Å². The highest BCUT2D eigenvalue weighted by Crippen LogP contribution is 2.27. The molecule has 0 unspecified atom stereocenters. The Labute approximate surface area is 178 Å². The molecule has 0 radical (unpaired) electrons. The lowest BCUT2D eigenvalue weighted by molar-refractivity contribution is 0.102. The summed E-state index contributed by atoms with van der Waals surface area (Å²) in [6, 6.07) is 11.9. The van der Waals surface area contributed by atoms with Crippen LogP contribution in [0, 0.1) is 12.8 Å². The van der Waals surface area contributed by atoms with Crippen molar-refractivity contribution in [2.75, 3.05) is 30.8 Å². The highest BCUT2D eigenvalue weighted by atomic mass is 32.2. The summed E-state index contributed by atoms with van der Waals surface area (Å²) in [7, 11) is -2.15. The summed E-state index contributed by atoms with van der Waals surface area (Å²) in [5.74, 6) is -0.0718. The predicted octanol–water partition coefficient (Wildman–Crippen LogP) is 3.44. The molecular formula is C22H28N4O3S. The summed E-state index contributed by atoms with van der Waals surface area (Å²) in [5, 5.41) is 9.08. The number of nitrogens with zero attached hydrogens (tertiary/aromatic N) is 1. The fourth-order valence-electron chi connectivity index (χ4n) is 3.57. The normalized spacial score (nSPS) is 15.6. The molecule has 0 spiro atoms. The SMILES string of the molecule is CNc1cc(S(=O)(=O)/N=C(/C)C2CCNCC2)ccc1NC(=O)c1ccccc1C. The maximum atomic E-state index is 12.8. The smallest absolute Gasteiger partial charge is 0.282 e. The number of nitrogens with one attached hydrogen (secondary N) is 3. The molecule has 1 aliphatic heterocycles. The molecule has 1 amide bonds. The number of carbonyl (C=O) groups is 1. The maximum Gasteiger partial charge on any atom is 0.282 e. The predicted molar refractivity (Wildman–Crippen MR) is 121 cm³/mol. The molecular weight excluding hydrogens is 400 g/mol. The summed E-state index contributed by atoms with van der Waals surface area (Å²) < 4.78 is 29.7. The summed E-state index contributed by atoms with van der Waals surface area (Å²) in [6.07, 6.45) is 1.77. The Hall–Kier alpha value is -2.71. The van der Waals surface area contributed by atoms with E-state index in [4.69, 9.17) is 0 Å². The van der Waals surface area contributed by atoms with Crippen LogP contribution in [-0.2, 0) is 10.0 Å². The minimum absolute atomic E-state index is 0.0917. The molecule has 8 heteroatoms. The van der Waals surface area contributed by atoms with Gasteiger partial charge in [-0.2, -0.15) is 12.8 Å². The zero-order chi connectivity index (χ0) is 21.7. The molecule has 2 aromatic carbocycles. The molecule has 3 N–H and O–H groups in total. The van der Waals surface area contributed by atoms with E-state index >= 15 is 0 Å². The van der Waals surface area contributed by atoms with Gasteiger partial charge in [0.15, 0.2) is 0 Å². The topological polar surface area (TPSA) is 99.7 Å². The van der Waals surface area contributed by atoms with Gasteiger partial charge < -0.3 is 16.0 Å². The average molecular weight is 429 g/mol. The van der Waals surface area contributed by atoms with Crippen LogP contribution < -0.4 is 16.0 Å². The van der Waals surface area contributed by atoms with Gasteiger partial charge in [-0.05, 0) is 69.6 Å². The molecule has 160 valence electrons. The van der Waals surface area contributed by atoms with E-state index in [0.717, 1.165) is 31.5 Å². The second-order valence-corrected chi connectivity index (χ2v) is 9.06. The monoisotopic (exact) mass is 428 g/mol. The zero-order valence-electron chi connectivity index (χ0n) is 17.5. The minimum Gasteiger partial charge on any atom is -0.386 e. The number of aryl methyl sites for hydroxylation is 1. The number of hydrogen-bond acceptors (Lipinski definition) is 5. The molecule has 30 heavy (non-hydrogen) atoms. The highest BCUT2D eigenvalue weighted by molar-refractivity contribution is 7.90. The van der Waals surface area contributed by atoms with Crippen molar-refractivity contribution in [1.82, 2.24) is 5.32 Å². The number of piperidine rings is 1. The molecule has 0 saturated carbocycles. The fraction of sp³-hybridized carbons (Fsp3) is 0.364. The summed E-state index contributed by atoms with van der Waals surface area (Å²) >= 11 is 0. The Morgan fingerprint density at radius 1 is 1.10 bits per heavy atom. The first-order chi connectivity index (χ1) is 14.3. The third-order valence-corrected chi connectivity index (χ3v) is 6.77. The van der Waals surface area contributed by atoms with Crippen LogP contribution in [0.4, 0.5) is 11.4 Å². The van der Waals surface area contributed by atoms with Crippen LogP contribution in [0.2, 0.25) is 0 Å². The van der Waals surface area contributed by atoms with Gasteiger partial charge in [0, 0.05) is 24.2 Å². The second kappa shape index (κ2) is 9.40. The zero-order valence-corrected chi connectivity index (χ0v) is 18.3. The van der Waals surface area contributed by atoms with Crippen LogP contribution in [0.1, 0.15) is 35.7 Å². The minimum atomic E-state index is -3.83. The third kappa shape index (κ3) is 5.06. The van der Waals surface area contributed by atoms with E-state index in [-0.39, 0.29) is 16.7 Å². The summed E-state index contributed by atoms with van der Waals surface area (Å²) in [6.45, 7) is 5.39. The van der Waals surface area contributed by atoms with Crippen molar-refractivity contribution >= 4 is 33.0 Å². The van der Waals surface area contributed by atoms with Crippen molar-refractivity contribution in [2.24, 2.45) is 10.3 Å². The van der Waals surface area contributed by atoms with E-state index in [1.807, 2.05) is 19.1 Å². The number of sulfonamides is 1. The van der Waals surface area contributed by atoms with Gasteiger partial charge in [-0.1, -0.05) is 18.2 Å². The first-order valence-corrected chi connectivity index (χ1v) is 11.5. The summed E-state index contributed by atoms with van der Waals surface area (Å²) in [4.78, 5) is 12.7. The number of hydrogen-bond donors (Lipinski definition) is 3. The first-order valence-electron chi connectivity index (χ1n) is 10.0. The maximum absolute atomic E-state index is 12.8. The van der Waals surface area contributed by atoms with Gasteiger partial charge >= 0.3 is 0 Å². The van der Waals surface area contributed by atoms with Crippen LogP contribution in [0.5, 0.6) is 0 Å². The largest absolute Gasteiger partial charge is 0.386 e. The van der Waals surface area contributed by atoms with Gasteiger partial charge in [0.05, 0.1) is 16.3 Å². The molecule has 7 nitrogen and oxygen atoms in total. The van der Waals surface area contributed by atoms with E-state index in [1.54, 1.807) is 32.2 Å². The van der Waals surface area contributed by atoms with Crippen molar-refractivity contribution in [3.05, 3.63) is 53.6 Å². The number of amides is 1. The van der Waals surface area contributed by atoms with Crippen molar-refractivity contribution in [2.45, 2.75) is 31.6 Å². The Morgan fingerprint density at radius 3 is 2.47 bits per heavy atom. The van der Waals surface area contributed by atoms with E-state index in [0.29, 0.717) is 22.6 Å². The van der Waals surface area contributed by atoms with Gasteiger partial charge in [-0.3, -0.25) is 4.79 Å². The van der Waals surface area contributed by atoms with Gasteiger partial charge in [0.1, 0.15) is 0 Å². The van der Waals surface area contributed by atoms with Crippen molar-refractivity contribution in [3.8, 4) is 0 Å². The van der Waals surface area contributed by atoms with Crippen LogP contribution in [0.15, 0.2) is 51.8 Å². The van der Waals surface area contributed by atoms with Crippen molar-refractivity contribution in [1.29, 1.82) is 0 Å². The molecule has 1 aliphatic rings. The van der Waals surface area contributed by atoms with E-state index in [2.05, 4.69) is 20.3 Å². The van der Waals surface area contributed by atoms with E-state index in [9.17, 15) is 13.2 Å². The molecule has 0 aliphatic carbocycles. The number of anilines is 2.